The summed E-state index contributed by atoms with van der Waals surface area (Å²) in [6, 6.07) is 20.1. The Bertz CT molecular complexity index is 823. The van der Waals surface area contributed by atoms with Crippen LogP contribution in [0, 0.1) is 0 Å². The Balaban J connectivity index is 2.12. The van der Waals surface area contributed by atoms with E-state index in [0.717, 1.165) is 35.5 Å². The highest BCUT2D eigenvalue weighted by atomic mass is 19.1. The summed E-state index contributed by atoms with van der Waals surface area (Å²) in [4.78, 5) is 11.3. The number of benzene rings is 3. The molecule has 0 heterocycles. The summed E-state index contributed by atoms with van der Waals surface area (Å²) in [6.07, 6.45) is 3.21. The van der Waals surface area contributed by atoms with Gasteiger partial charge >= 0.3 is 0 Å². The van der Waals surface area contributed by atoms with E-state index in [0.29, 0.717) is 12.0 Å². The molecule has 3 aromatic carbocycles. The summed E-state index contributed by atoms with van der Waals surface area (Å²) in [7, 11) is 0. The summed E-state index contributed by atoms with van der Waals surface area (Å²) in [5, 5.41) is 2.05. The van der Waals surface area contributed by atoms with Gasteiger partial charge in [-0.2, -0.15) is 0 Å². The number of alkyl halides is 1. The molecule has 0 saturated carbocycles. The lowest BCUT2D eigenvalue weighted by Gasteiger charge is -2.13. The second kappa shape index (κ2) is 7.19. The van der Waals surface area contributed by atoms with E-state index in [2.05, 4.69) is 18.2 Å². The molecule has 0 aliphatic rings. The van der Waals surface area contributed by atoms with Gasteiger partial charge in [0.15, 0.2) is 6.29 Å². The minimum Gasteiger partial charge on any atom is -0.298 e. The van der Waals surface area contributed by atoms with Crippen molar-refractivity contribution in [3.05, 3.63) is 71.8 Å². The molecule has 2 heteroatoms. The van der Waals surface area contributed by atoms with E-state index in [1.165, 1.54) is 11.1 Å². The molecule has 0 aromatic heterocycles. The molecule has 23 heavy (non-hydrogen) atoms. The fourth-order valence-electron chi connectivity index (χ4n) is 3.07. The number of hydrogen-bond acceptors (Lipinski definition) is 1. The van der Waals surface area contributed by atoms with E-state index in [-0.39, 0.29) is 6.67 Å². The van der Waals surface area contributed by atoms with Gasteiger partial charge in [0, 0.05) is 5.56 Å². The van der Waals surface area contributed by atoms with Gasteiger partial charge in [-0.1, -0.05) is 60.7 Å². The molecule has 0 aliphatic heterocycles. The third-order valence-corrected chi connectivity index (χ3v) is 4.22. The molecular weight excluding hydrogens is 287 g/mol. The lowest BCUT2D eigenvalue weighted by molar-refractivity contribution is 0.112. The number of carbonyl (C=O) groups excluding carboxylic acids is 1. The zero-order chi connectivity index (χ0) is 16.1. The molecule has 0 fully saturated rings. The molecule has 0 aliphatic carbocycles. The number of aryl methyl sites for hydroxylation is 1. The molecular formula is C21H19FO. The second-order valence-electron chi connectivity index (χ2n) is 5.67. The number of fused-ring (bicyclic) bond motifs is 1. The van der Waals surface area contributed by atoms with Crippen molar-refractivity contribution < 1.29 is 9.18 Å². The van der Waals surface area contributed by atoms with Crippen molar-refractivity contribution in [3.63, 3.8) is 0 Å². The Morgan fingerprint density at radius 2 is 1.52 bits per heavy atom. The average molecular weight is 306 g/mol. The normalized spacial score (nSPS) is 10.8. The standard InChI is InChI=1S/C21H19FO/c22-14-6-5-8-16-7-1-2-9-18(16)21-13-12-17(15-23)19-10-3-4-11-20(19)21/h1-4,7,9-13,15H,5-6,8,14H2. The van der Waals surface area contributed by atoms with Crippen molar-refractivity contribution in [3.8, 4) is 11.1 Å². The first-order valence-corrected chi connectivity index (χ1v) is 7.96. The van der Waals surface area contributed by atoms with Crippen LogP contribution in [0.2, 0.25) is 0 Å². The fourth-order valence-corrected chi connectivity index (χ4v) is 3.07. The van der Waals surface area contributed by atoms with Crippen molar-refractivity contribution in [2.45, 2.75) is 19.3 Å². The lowest BCUT2D eigenvalue weighted by atomic mass is 9.91. The van der Waals surface area contributed by atoms with E-state index < -0.39 is 0 Å². The van der Waals surface area contributed by atoms with Crippen LogP contribution in [0.5, 0.6) is 0 Å². The number of aldehydes is 1. The highest BCUT2D eigenvalue weighted by molar-refractivity contribution is 6.05. The third kappa shape index (κ3) is 3.16. The van der Waals surface area contributed by atoms with Crippen LogP contribution in [0.25, 0.3) is 21.9 Å². The van der Waals surface area contributed by atoms with Gasteiger partial charge < -0.3 is 0 Å². The van der Waals surface area contributed by atoms with Gasteiger partial charge in [0.1, 0.15) is 0 Å². The Kier molecular flexibility index (Phi) is 4.82. The van der Waals surface area contributed by atoms with Crippen LogP contribution in [0.3, 0.4) is 0 Å². The van der Waals surface area contributed by atoms with E-state index in [1.807, 2.05) is 42.5 Å². The molecule has 0 spiro atoms. The van der Waals surface area contributed by atoms with Crippen molar-refractivity contribution in [1.82, 2.24) is 0 Å². The van der Waals surface area contributed by atoms with Crippen LogP contribution in [-0.4, -0.2) is 13.0 Å². The topological polar surface area (TPSA) is 17.1 Å². The second-order valence-corrected chi connectivity index (χ2v) is 5.67. The summed E-state index contributed by atoms with van der Waals surface area (Å²) >= 11 is 0. The Morgan fingerprint density at radius 3 is 2.30 bits per heavy atom. The number of carbonyl (C=O) groups is 1. The van der Waals surface area contributed by atoms with Crippen LogP contribution in [0.1, 0.15) is 28.8 Å². The minimum absolute atomic E-state index is 0.265. The van der Waals surface area contributed by atoms with Gasteiger partial charge in [0.2, 0.25) is 0 Å². The SMILES string of the molecule is O=Cc1ccc(-c2ccccc2CCCCF)c2ccccc12. The van der Waals surface area contributed by atoms with Gasteiger partial charge in [0.25, 0.3) is 0 Å². The molecule has 1 nitrogen and oxygen atoms in total. The maximum absolute atomic E-state index is 12.4. The predicted molar refractivity (Wildman–Crippen MR) is 93.7 cm³/mol. The number of rotatable bonds is 6. The van der Waals surface area contributed by atoms with E-state index in [1.54, 1.807) is 0 Å². The van der Waals surface area contributed by atoms with Crippen LogP contribution in [-0.2, 0) is 6.42 Å². The molecule has 0 amide bonds. The Hall–Kier alpha value is -2.48. The van der Waals surface area contributed by atoms with Crippen molar-refractivity contribution in [2.24, 2.45) is 0 Å². The molecule has 0 atom stereocenters. The summed E-state index contributed by atoms with van der Waals surface area (Å²) in [6.45, 7) is -0.265. The van der Waals surface area contributed by atoms with Crippen molar-refractivity contribution in [2.75, 3.05) is 6.67 Å². The lowest BCUT2D eigenvalue weighted by Crippen LogP contribution is -1.93. The fraction of sp³-hybridized carbons (Fsp3) is 0.190. The van der Waals surface area contributed by atoms with Crippen LogP contribution in [0.15, 0.2) is 60.7 Å². The van der Waals surface area contributed by atoms with Crippen LogP contribution >= 0.6 is 0 Å². The highest BCUT2D eigenvalue weighted by Gasteiger charge is 2.10. The Labute approximate surface area is 135 Å². The smallest absolute Gasteiger partial charge is 0.150 e. The molecule has 3 aromatic rings. The highest BCUT2D eigenvalue weighted by Crippen LogP contribution is 2.33. The van der Waals surface area contributed by atoms with Gasteiger partial charge in [-0.25, -0.2) is 0 Å². The number of unbranched alkanes of at least 4 members (excludes halogenated alkanes) is 1. The summed E-state index contributed by atoms with van der Waals surface area (Å²) in [5.41, 5.74) is 4.23. The third-order valence-electron chi connectivity index (χ3n) is 4.22. The van der Waals surface area contributed by atoms with Gasteiger partial charge in [-0.05, 0) is 46.7 Å². The quantitative estimate of drug-likeness (QED) is 0.427. The minimum atomic E-state index is -0.265. The maximum Gasteiger partial charge on any atom is 0.150 e. The summed E-state index contributed by atoms with van der Waals surface area (Å²) < 4.78 is 12.4. The zero-order valence-corrected chi connectivity index (χ0v) is 13.0. The monoisotopic (exact) mass is 306 g/mol. The number of hydrogen-bond donors (Lipinski definition) is 0. The molecule has 3 rings (SSSR count). The molecule has 0 N–H and O–H groups in total. The number of halogens is 1. The Morgan fingerprint density at radius 1 is 0.783 bits per heavy atom. The van der Waals surface area contributed by atoms with Crippen molar-refractivity contribution >= 4 is 17.1 Å². The van der Waals surface area contributed by atoms with Crippen LogP contribution < -0.4 is 0 Å². The van der Waals surface area contributed by atoms with Gasteiger partial charge in [0.05, 0.1) is 6.67 Å². The van der Waals surface area contributed by atoms with E-state index in [4.69, 9.17) is 0 Å². The van der Waals surface area contributed by atoms with E-state index in [9.17, 15) is 9.18 Å². The summed E-state index contributed by atoms with van der Waals surface area (Å²) in [5.74, 6) is 0. The zero-order valence-electron chi connectivity index (χ0n) is 13.0. The molecule has 0 unspecified atom stereocenters. The molecule has 0 bridgehead atoms. The first-order chi connectivity index (χ1) is 11.3. The largest absolute Gasteiger partial charge is 0.298 e. The molecule has 0 saturated heterocycles. The maximum atomic E-state index is 12.4. The first kappa shape index (κ1) is 15.4. The average Bonchev–Trinajstić information content (AvgIpc) is 2.61. The van der Waals surface area contributed by atoms with Crippen molar-refractivity contribution in [1.29, 1.82) is 0 Å². The molecule has 116 valence electrons. The van der Waals surface area contributed by atoms with Crippen LogP contribution in [0.4, 0.5) is 4.39 Å². The van der Waals surface area contributed by atoms with Gasteiger partial charge in [-0.3, -0.25) is 9.18 Å². The van der Waals surface area contributed by atoms with Gasteiger partial charge in [-0.15, -0.1) is 0 Å². The molecule has 0 radical (unpaired) electrons. The van der Waals surface area contributed by atoms with E-state index >= 15 is 0 Å². The predicted octanol–water partition coefficient (Wildman–Crippen LogP) is 5.61. The first-order valence-electron chi connectivity index (χ1n) is 7.96.